The highest BCUT2D eigenvalue weighted by Crippen LogP contribution is 2.75. The summed E-state index contributed by atoms with van der Waals surface area (Å²) >= 11 is 0.685. The molecule has 3 saturated carbocycles. The molecule has 5 rings (SSSR count). The number of hydrogen-bond donors (Lipinski definition) is 1. The van der Waals surface area contributed by atoms with E-state index in [0.29, 0.717) is 37.2 Å². The van der Waals surface area contributed by atoms with E-state index in [9.17, 15) is 19.1 Å². The van der Waals surface area contributed by atoms with Gasteiger partial charge in [0.1, 0.15) is 12.2 Å². The summed E-state index contributed by atoms with van der Waals surface area (Å²) < 4.78 is 46.6. The van der Waals surface area contributed by atoms with E-state index in [1.54, 1.807) is 6.92 Å². The molecular weight excluding hydrogens is 487 g/mol. The highest BCUT2D eigenvalue weighted by molar-refractivity contribution is 8.13. The molecule has 4 nitrogen and oxygen atoms in total. The monoisotopic (exact) mass is 525 g/mol. The van der Waals surface area contributed by atoms with Crippen LogP contribution in [0.4, 0.5) is 13.2 Å². The van der Waals surface area contributed by atoms with Gasteiger partial charge in [-0.25, -0.2) is 13.2 Å². The topological polar surface area (TPSA) is 57.6 Å². The molecule has 1 saturated heterocycles. The van der Waals surface area contributed by atoms with E-state index in [4.69, 9.17) is 0 Å². The lowest BCUT2D eigenvalue weighted by Gasteiger charge is -2.63. The predicted octanol–water partition coefficient (Wildman–Crippen LogP) is 5.07. The maximum atomic E-state index is 17.4. The second-order valence-electron chi connectivity index (χ2n) is 12.7. The van der Waals surface area contributed by atoms with Gasteiger partial charge in [0.15, 0.2) is 16.6 Å². The molecule has 0 amide bonds. The lowest BCUT2D eigenvalue weighted by molar-refractivity contribution is -0.210. The maximum Gasteiger partial charge on any atom is 0.199 e. The predicted molar refractivity (Wildman–Crippen MR) is 134 cm³/mol. The number of ketones is 1. The molecule has 4 fully saturated rings. The average molecular weight is 526 g/mol. The Balaban J connectivity index is 1.57. The van der Waals surface area contributed by atoms with Crippen molar-refractivity contribution in [1.82, 2.24) is 4.90 Å². The second kappa shape index (κ2) is 8.70. The largest absolute Gasteiger partial charge is 0.390 e. The number of allylic oxidation sites excluding steroid dienone is 4. The van der Waals surface area contributed by atoms with E-state index in [1.807, 2.05) is 6.92 Å². The summed E-state index contributed by atoms with van der Waals surface area (Å²) in [4.78, 5) is 28.0. The van der Waals surface area contributed by atoms with E-state index < -0.39 is 46.1 Å². The third-order valence-electron chi connectivity index (χ3n) is 10.8. The quantitative estimate of drug-likeness (QED) is 0.544. The van der Waals surface area contributed by atoms with Crippen molar-refractivity contribution in [2.45, 2.75) is 71.3 Å². The van der Waals surface area contributed by atoms with Gasteiger partial charge in [0.2, 0.25) is 0 Å². The highest BCUT2D eigenvalue weighted by Gasteiger charge is 2.78. The number of hydrogen-bond acceptors (Lipinski definition) is 5. The van der Waals surface area contributed by atoms with E-state index in [1.165, 1.54) is 18.2 Å². The fraction of sp³-hybridized carbons (Fsp3) is 0.786. The Morgan fingerprint density at radius 2 is 2.00 bits per heavy atom. The maximum absolute atomic E-state index is 17.4. The zero-order chi connectivity index (χ0) is 26.3. The van der Waals surface area contributed by atoms with Gasteiger partial charge in [-0.05, 0) is 80.0 Å². The highest BCUT2D eigenvalue weighted by atomic mass is 32.2. The Morgan fingerprint density at radius 1 is 1.28 bits per heavy atom. The fourth-order valence-electron chi connectivity index (χ4n) is 9.00. The van der Waals surface area contributed by atoms with Crippen LogP contribution in [0.5, 0.6) is 0 Å². The number of carbonyl (C=O) groups excluding carboxylic acids is 2. The number of carbonyl (C=O) groups is 2. The van der Waals surface area contributed by atoms with Gasteiger partial charge in [-0.1, -0.05) is 38.6 Å². The first-order valence-corrected chi connectivity index (χ1v) is 14.3. The van der Waals surface area contributed by atoms with Crippen LogP contribution in [0.2, 0.25) is 0 Å². The molecule has 5 aliphatic rings. The molecule has 4 aliphatic carbocycles. The number of fused-ring (bicyclic) bond motifs is 7. The Kier molecular flexibility index (Phi) is 6.40. The van der Waals surface area contributed by atoms with Gasteiger partial charge < -0.3 is 10.0 Å². The number of thioether (sulfide) groups is 1. The van der Waals surface area contributed by atoms with Crippen molar-refractivity contribution in [2.24, 2.45) is 39.9 Å². The Labute approximate surface area is 216 Å². The molecular formula is C28H38F3NO3S. The van der Waals surface area contributed by atoms with Crippen molar-refractivity contribution >= 4 is 22.7 Å². The van der Waals surface area contributed by atoms with Crippen molar-refractivity contribution in [3.63, 3.8) is 0 Å². The van der Waals surface area contributed by atoms with Crippen molar-refractivity contribution in [1.29, 1.82) is 0 Å². The number of aliphatic hydroxyl groups is 1. The Hall–Kier alpha value is -1.12. The van der Waals surface area contributed by atoms with Gasteiger partial charge in [0.05, 0.1) is 11.5 Å². The first-order chi connectivity index (χ1) is 16.8. The van der Waals surface area contributed by atoms with E-state index in [-0.39, 0.29) is 41.1 Å². The lowest BCUT2D eigenvalue weighted by atomic mass is 9.43. The fourth-order valence-corrected chi connectivity index (χ4v) is 9.82. The summed E-state index contributed by atoms with van der Waals surface area (Å²) in [5.74, 6) is -1.09. The molecule has 200 valence electrons. The third-order valence-corrected chi connectivity index (χ3v) is 11.5. The second-order valence-corrected chi connectivity index (χ2v) is 13.6. The average Bonchev–Trinajstić information content (AvgIpc) is 3.29. The van der Waals surface area contributed by atoms with Gasteiger partial charge in [-0.2, -0.15) is 0 Å². The zero-order valence-corrected chi connectivity index (χ0v) is 22.4. The smallest absolute Gasteiger partial charge is 0.199 e. The first kappa shape index (κ1) is 26.5. The SMILES string of the molecule is CC(C)CCN1C[C@@H]2C[C@H]3[C@@H]4C[C@H](F)C5=CC(=O)C=C[C@]5(C)[C@@]4(F)[C@@H](O)C[C@]3(C)[C@]2(C(=O)SCF)C1. The normalized spacial score (nSPS) is 47.9. The first-order valence-electron chi connectivity index (χ1n) is 13.3. The van der Waals surface area contributed by atoms with Gasteiger partial charge >= 0.3 is 0 Å². The van der Waals surface area contributed by atoms with Crippen LogP contribution < -0.4 is 0 Å². The minimum absolute atomic E-state index is 0.0549. The Bertz CT molecular complexity index is 1020. The van der Waals surface area contributed by atoms with Crippen LogP contribution in [0, 0.1) is 39.9 Å². The molecule has 0 spiro atoms. The molecule has 0 bridgehead atoms. The van der Waals surface area contributed by atoms with Crippen molar-refractivity contribution in [3.8, 4) is 0 Å². The van der Waals surface area contributed by atoms with Crippen LogP contribution in [0.15, 0.2) is 23.8 Å². The van der Waals surface area contributed by atoms with Crippen LogP contribution in [-0.4, -0.2) is 64.5 Å². The standard InChI is InChI=1S/C28H38F3NO3S/c1-16(2)6-8-32-13-17-9-19-20-11-22(30)21-10-18(33)5-7-25(21,3)28(20,31)23(34)12-26(19,4)27(17,14-32)24(35)36-15-29/h5,7,10,16-17,19-20,22-23,34H,6,8-9,11-15H2,1-4H3/t17-,19-,20-,22-,23-,25-,26-,27+,28-/m0/s1. The van der Waals surface area contributed by atoms with Crippen molar-refractivity contribution in [2.75, 3.05) is 25.6 Å². The molecule has 1 heterocycles. The van der Waals surface area contributed by atoms with Crippen LogP contribution in [0.3, 0.4) is 0 Å². The molecule has 0 unspecified atom stereocenters. The summed E-state index contributed by atoms with van der Waals surface area (Å²) in [7, 11) is 0. The number of aliphatic hydroxyl groups excluding tert-OH is 1. The molecule has 0 aromatic carbocycles. The summed E-state index contributed by atoms with van der Waals surface area (Å²) in [6.07, 6.45) is 2.45. The molecule has 0 aromatic rings. The van der Waals surface area contributed by atoms with Gasteiger partial charge in [-0.3, -0.25) is 9.59 Å². The number of alkyl halides is 3. The molecule has 1 N–H and O–H groups in total. The summed E-state index contributed by atoms with van der Waals surface area (Å²) in [6.45, 7) is 9.84. The van der Waals surface area contributed by atoms with Crippen LogP contribution >= 0.6 is 11.8 Å². The molecule has 1 aliphatic heterocycles. The summed E-state index contributed by atoms with van der Waals surface area (Å²) in [5.41, 5.74) is -5.18. The number of nitrogens with zero attached hydrogens (tertiary/aromatic N) is 1. The number of likely N-dealkylation sites (tertiary alicyclic amines) is 1. The van der Waals surface area contributed by atoms with Crippen LogP contribution in [-0.2, 0) is 9.59 Å². The molecule has 0 radical (unpaired) electrons. The zero-order valence-electron chi connectivity index (χ0n) is 21.6. The van der Waals surface area contributed by atoms with E-state index >= 15 is 8.78 Å². The minimum Gasteiger partial charge on any atom is -0.390 e. The summed E-state index contributed by atoms with van der Waals surface area (Å²) in [6, 6.07) is -0.823. The number of halogens is 3. The van der Waals surface area contributed by atoms with Crippen molar-refractivity contribution in [3.05, 3.63) is 23.8 Å². The van der Waals surface area contributed by atoms with Crippen molar-refractivity contribution < 1.29 is 27.9 Å². The van der Waals surface area contributed by atoms with E-state index in [2.05, 4.69) is 18.7 Å². The number of rotatable bonds is 5. The van der Waals surface area contributed by atoms with Crippen LogP contribution in [0.25, 0.3) is 0 Å². The summed E-state index contributed by atoms with van der Waals surface area (Å²) in [5, 5.41) is 11.4. The van der Waals surface area contributed by atoms with Gasteiger partial charge in [0.25, 0.3) is 0 Å². The van der Waals surface area contributed by atoms with E-state index in [0.717, 1.165) is 13.0 Å². The third kappa shape index (κ3) is 3.28. The minimum atomic E-state index is -2.16. The van der Waals surface area contributed by atoms with Crippen LogP contribution in [0.1, 0.15) is 53.4 Å². The lowest BCUT2D eigenvalue weighted by Crippen LogP contribution is -2.69. The molecule has 9 atom stereocenters. The molecule has 8 heteroatoms. The molecule has 36 heavy (non-hydrogen) atoms. The Morgan fingerprint density at radius 3 is 2.67 bits per heavy atom. The van der Waals surface area contributed by atoms with Gasteiger partial charge in [-0.15, -0.1) is 0 Å². The molecule has 0 aromatic heterocycles. The van der Waals surface area contributed by atoms with Gasteiger partial charge in [0, 0.05) is 24.4 Å².